The first-order valence-corrected chi connectivity index (χ1v) is 9.20. The number of rotatable bonds is 2. The van der Waals surface area contributed by atoms with Gasteiger partial charge in [-0.3, -0.25) is 0 Å². The van der Waals surface area contributed by atoms with Crippen LogP contribution in [0.4, 0.5) is 5.69 Å². The Hall–Kier alpha value is -1.40. The second kappa shape index (κ2) is 5.35. The molecule has 2 nitrogen and oxygen atoms in total. The first-order chi connectivity index (χ1) is 10.6. The van der Waals surface area contributed by atoms with Crippen molar-refractivity contribution >= 4 is 70.8 Å². The molecule has 110 valence electrons. The first kappa shape index (κ1) is 14.2. The molecule has 2 aromatic carbocycles. The molecule has 4 rings (SSSR count). The summed E-state index contributed by atoms with van der Waals surface area (Å²) in [6.45, 7) is 4.36. The molecule has 0 spiro atoms. The minimum Gasteiger partial charge on any atom is -0.382 e. The number of benzene rings is 2. The van der Waals surface area contributed by atoms with Gasteiger partial charge in [-0.05, 0) is 60.7 Å². The molecule has 0 bridgehead atoms. The van der Waals surface area contributed by atoms with Crippen molar-refractivity contribution in [3.63, 3.8) is 0 Å². The summed E-state index contributed by atoms with van der Waals surface area (Å²) in [6.07, 6.45) is 0. The molecule has 0 amide bonds. The average molecular weight is 418 g/mol. The molecule has 1 N–H and O–H groups in total. The third kappa shape index (κ3) is 2.25. The number of anilines is 1. The molecular formula is C18H15IN2S. The zero-order valence-corrected chi connectivity index (χ0v) is 15.3. The van der Waals surface area contributed by atoms with Crippen LogP contribution in [0.3, 0.4) is 0 Å². The molecule has 0 unspecified atom stereocenters. The second-order valence-corrected chi connectivity index (χ2v) is 8.00. The Morgan fingerprint density at radius 3 is 2.73 bits per heavy atom. The van der Waals surface area contributed by atoms with Crippen LogP contribution in [0, 0.1) is 3.57 Å². The molecule has 22 heavy (non-hydrogen) atoms. The number of pyridine rings is 1. The van der Waals surface area contributed by atoms with Crippen LogP contribution in [-0.4, -0.2) is 11.0 Å². The van der Waals surface area contributed by atoms with Crippen LogP contribution in [0.1, 0.15) is 13.8 Å². The normalized spacial score (nSPS) is 11.8. The largest absolute Gasteiger partial charge is 0.382 e. The van der Waals surface area contributed by atoms with E-state index in [0.29, 0.717) is 6.04 Å². The van der Waals surface area contributed by atoms with Crippen molar-refractivity contribution in [2.75, 3.05) is 5.32 Å². The SMILES string of the molecule is CC(C)Nc1c2cc(I)ccc2nc2sc3ccccc3c12. The number of hydrogen-bond donors (Lipinski definition) is 1. The smallest absolute Gasteiger partial charge is 0.127 e. The fourth-order valence-corrected chi connectivity index (χ4v) is 4.43. The molecule has 0 saturated heterocycles. The lowest BCUT2D eigenvalue weighted by Crippen LogP contribution is -2.10. The summed E-state index contributed by atoms with van der Waals surface area (Å²) in [6, 6.07) is 15.4. The van der Waals surface area contributed by atoms with Crippen LogP contribution in [0.2, 0.25) is 0 Å². The number of halogens is 1. The highest BCUT2D eigenvalue weighted by Gasteiger charge is 2.15. The maximum absolute atomic E-state index is 4.90. The summed E-state index contributed by atoms with van der Waals surface area (Å²) in [5, 5.41) is 7.41. The summed E-state index contributed by atoms with van der Waals surface area (Å²) < 4.78 is 2.53. The molecule has 0 fully saturated rings. The number of hydrogen-bond acceptors (Lipinski definition) is 3. The lowest BCUT2D eigenvalue weighted by Gasteiger charge is -2.14. The molecule has 4 heteroatoms. The van der Waals surface area contributed by atoms with Crippen molar-refractivity contribution in [2.45, 2.75) is 19.9 Å². The summed E-state index contributed by atoms with van der Waals surface area (Å²) in [5.74, 6) is 0. The van der Waals surface area contributed by atoms with E-state index in [1.165, 1.54) is 30.1 Å². The summed E-state index contributed by atoms with van der Waals surface area (Å²) in [5.41, 5.74) is 2.27. The highest BCUT2D eigenvalue weighted by molar-refractivity contribution is 14.1. The lowest BCUT2D eigenvalue weighted by molar-refractivity contribution is 0.903. The lowest BCUT2D eigenvalue weighted by atomic mass is 10.1. The molecule has 0 radical (unpaired) electrons. The van der Waals surface area contributed by atoms with Crippen LogP contribution in [0.25, 0.3) is 31.2 Å². The molecule has 0 saturated carbocycles. The third-order valence-electron chi connectivity index (χ3n) is 3.71. The van der Waals surface area contributed by atoms with E-state index in [1.807, 2.05) is 0 Å². The van der Waals surface area contributed by atoms with E-state index in [0.717, 1.165) is 10.3 Å². The Balaban J connectivity index is 2.22. The summed E-state index contributed by atoms with van der Waals surface area (Å²) >= 11 is 4.13. The number of nitrogens with zero attached hydrogens (tertiary/aromatic N) is 1. The average Bonchev–Trinajstić information content (AvgIpc) is 2.85. The van der Waals surface area contributed by atoms with Crippen LogP contribution < -0.4 is 5.32 Å². The molecule has 0 aliphatic rings. The topological polar surface area (TPSA) is 24.9 Å². The maximum Gasteiger partial charge on any atom is 0.127 e. The van der Waals surface area contributed by atoms with Crippen molar-refractivity contribution in [1.29, 1.82) is 0 Å². The second-order valence-electron chi connectivity index (χ2n) is 5.73. The van der Waals surface area contributed by atoms with Gasteiger partial charge < -0.3 is 5.32 Å². The number of fused-ring (bicyclic) bond motifs is 4. The zero-order valence-electron chi connectivity index (χ0n) is 12.4. The molecular weight excluding hydrogens is 403 g/mol. The fraction of sp³-hybridized carbons (Fsp3) is 0.167. The van der Waals surface area contributed by atoms with E-state index in [1.54, 1.807) is 11.3 Å². The van der Waals surface area contributed by atoms with Gasteiger partial charge in [0.05, 0.1) is 11.2 Å². The molecule has 0 atom stereocenters. The van der Waals surface area contributed by atoms with E-state index in [2.05, 4.69) is 84.2 Å². The van der Waals surface area contributed by atoms with Gasteiger partial charge in [0.1, 0.15) is 4.83 Å². The van der Waals surface area contributed by atoms with Crippen molar-refractivity contribution < 1.29 is 0 Å². The minimum atomic E-state index is 0.380. The van der Waals surface area contributed by atoms with E-state index in [-0.39, 0.29) is 0 Å². The van der Waals surface area contributed by atoms with Crippen LogP contribution >= 0.6 is 33.9 Å². The van der Waals surface area contributed by atoms with Gasteiger partial charge in [0.2, 0.25) is 0 Å². The summed E-state index contributed by atoms with van der Waals surface area (Å²) in [4.78, 5) is 6.01. The Bertz CT molecular complexity index is 1000. The maximum atomic E-state index is 4.90. The predicted octanol–water partition coefficient (Wildman–Crippen LogP) is 6.03. The van der Waals surface area contributed by atoms with Gasteiger partial charge in [-0.15, -0.1) is 11.3 Å². The van der Waals surface area contributed by atoms with E-state index < -0.39 is 0 Å². The Kier molecular flexibility index (Phi) is 3.46. The number of aromatic nitrogens is 1. The Morgan fingerprint density at radius 1 is 1.09 bits per heavy atom. The van der Waals surface area contributed by atoms with Gasteiger partial charge in [0.15, 0.2) is 0 Å². The molecule has 2 aromatic heterocycles. The standard InChI is InChI=1S/C18H15IN2S/c1-10(2)20-17-13-9-11(19)7-8-14(13)21-18-16(17)12-5-3-4-6-15(12)22-18/h3-10H,1-2H3,(H,20,21). The predicted molar refractivity (Wildman–Crippen MR) is 106 cm³/mol. The van der Waals surface area contributed by atoms with E-state index in [9.17, 15) is 0 Å². The first-order valence-electron chi connectivity index (χ1n) is 7.30. The quantitative estimate of drug-likeness (QED) is 0.402. The van der Waals surface area contributed by atoms with Gasteiger partial charge in [0, 0.05) is 30.5 Å². The summed E-state index contributed by atoms with van der Waals surface area (Å²) in [7, 11) is 0. The number of thiophene rings is 1. The van der Waals surface area contributed by atoms with Gasteiger partial charge in [0.25, 0.3) is 0 Å². The minimum absolute atomic E-state index is 0.380. The highest BCUT2D eigenvalue weighted by Crippen LogP contribution is 2.41. The van der Waals surface area contributed by atoms with Crippen molar-refractivity contribution in [2.24, 2.45) is 0 Å². The fourth-order valence-electron chi connectivity index (χ4n) is 2.84. The van der Waals surface area contributed by atoms with Crippen molar-refractivity contribution in [3.05, 3.63) is 46.0 Å². The molecule has 0 aliphatic heterocycles. The van der Waals surface area contributed by atoms with E-state index >= 15 is 0 Å². The van der Waals surface area contributed by atoms with Gasteiger partial charge in [-0.25, -0.2) is 4.98 Å². The monoisotopic (exact) mass is 418 g/mol. The van der Waals surface area contributed by atoms with E-state index in [4.69, 9.17) is 4.98 Å². The van der Waals surface area contributed by atoms with Gasteiger partial charge in [-0.2, -0.15) is 0 Å². The van der Waals surface area contributed by atoms with Crippen molar-refractivity contribution in [3.8, 4) is 0 Å². The van der Waals surface area contributed by atoms with Crippen LogP contribution in [-0.2, 0) is 0 Å². The molecule has 2 heterocycles. The molecule has 4 aromatic rings. The Labute approximate surface area is 146 Å². The van der Waals surface area contributed by atoms with Crippen LogP contribution in [0.5, 0.6) is 0 Å². The number of nitrogens with one attached hydrogen (secondary N) is 1. The molecule has 0 aliphatic carbocycles. The highest BCUT2D eigenvalue weighted by atomic mass is 127. The van der Waals surface area contributed by atoms with Crippen molar-refractivity contribution in [1.82, 2.24) is 4.98 Å². The third-order valence-corrected chi connectivity index (χ3v) is 5.45. The van der Waals surface area contributed by atoms with Gasteiger partial charge >= 0.3 is 0 Å². The van der Waals surface area contributed by atoms with Gasteiger partial charge in [-0.1, -0.05) is 18.2 Å². The Morgan fingerprint density at radius 2 is 1.91 bits per heavy atom. The zero-order chi connectivity index (χ0) is 15.3. The van der Waals surface area contributed by atoms with Crippen LogP contribution in [0.15, 0.2) is 42.5 Å².